The Hall–Kier alpha value is -7.09. The van der Waals surface area contributed by atoms with Crippen molar-refractivity contribution in [3.63, 3.8) is 0 Å². The van der Waals surface area contributed by atoms with Gasteiger partial charge in [-0.3, -0.25) is 43.9 Å². The van der Waals surface area contributed by atoms with Gasteiger partial charge in [0, 0.05) is 81.7 Å². The molecule has 1 aliphatic carbocycles. The van der Waals surface area contributed by atoms with Crippen molar-refractivity contribution in [1.82, 2.24) is 50.0 Å². The average Bonchev–Trinajstić information content (AvgIpc) is 3.87. The smallest absolute Gasteiger partial charge is 0.326 e. The van der Waals surface area contributed by atoms with Crippen LogP contribution in [0.25, 0.3) is 11.2 Å². The number of carboxylic acids is 1. The zero-order valence-corrected chi connectivity index (χ0v) is 37.4. The van der Waals surface area contributed by atoms with Crippen molar-refractivity contribution in [2.75, 3.05) is 56.0 Å². The molecule has 0 radical (unpaired) electrons. The molecule has 5 amide bonds. The minimum Gasteiger partial charge on any atom is -0.480 e. The first-order valence-corrected chi connectivity index (χ1v) is 23.5. The number of aliphatic carboxylic acids is 1. The maximum atomic E-state index is 14.1. The highest BCUT2D eigenvalue weighted by molar-refractivity contribution is 6.24. The number of piperidine rings is 2. The third kappa shape index (κ3) is 8.02. The van der Waals surface area contributed by atoms with E-state index in [0.29, 0.717) is 37.4 Å². The van der Waals surface area contributed by atoms with Crippen LogP contribution in [0.2, 0.25) is 0 Å². The average molecular weight is 921 g/mol. The molecule has 19 heteroatoms. The van der Waals surface area contributed by atoms with E-state index in [1.807, 2.05) is 47.5 Å². The number of anilines is 3. The molecular weight excluding hydrogens is 869 g/mol. The largest absolute Gasteiger partial charge is 0.480 e. The van der Waals surface area contributed by atoms with Crippen LogP contribution in [-0.4, -0.2) is 144 Å². The van der Waals surface area contributed by atoms with Gasteiger partial charge in [0.05, 0.1) is 23.9 Å². The number of rotatable bonds is 13. The predicted octanol–water partition coefficient (Wildman–Crippen LogP) is 3.29. The zero-order chi connectivity index (χ0) is 46.6. The number of hydrazine groups is 1. The molecule has 1 saturated carbocycles. The van der Waals surface area contributed by atoms with Gasteiger partial charge in [0.1, 0.15) is 18.4 Å². The van der Waals surface area contributed by atoms with Gasteiger partial charge in [-0.1, -0.05) is 42.5 Å². The number of hydrogen-bond acceptors (Lipinski definition) is 14. The highest BCUT2D eigenvalue weighted by Gasteiger charge is 2.51. The van der Waals surface area contributed by atoms with Crippen molar-refractivity contribution < 1.29 is 33.9 Å². The molecule has 8 heterocycles. The second-order valence-corrected chi connectivity index (χ2v) is 18.8. The van der Waals surface area contributed by atoms with E-state index in [9.17, 15) is 33.9 Å². The number of hydrogen-bond donors (Lipinski definition) is 4. The lowest BCUT2D eigenvalue weighted by molar-refractivity contribution is -0.196. The summed E-state index contributed by atoms with van der Waals surface area (Å²) >= 11 is 0. The summed E-state index contributed by atoms with van der Waals surface area (Å²) in [7, 11) is 0. The first-order chi connectivity index (χ1) is 33.1. The van der Waals surface area contributed by atoms with Crippen LogP contribution in [0.4, 0.5) is 17.2 Å². The van der Waals surface area contributed by atoms with Crippen LogP contribution in [0.15, 0.2) is 85.5 Å². The molecule has 12 rings (SSSR count). The number of nitrogens with one attached hydrogen (secondary N) is 3. The molecule has 350 valence electrons. The van der Waals surface area contributed by atoms with Crippen LogP contribution in [0, 0.1) is 5.92 Å². The number of imidazole rings is 1. The number of benzene rings is 3. The molecule has 2 bridgehead atoms. The van der Waals surface area contributed by atoms with E-state index in [1.54, 1.807) is 24.8 Å². The van der Waals surface area contributed by atoms with Crippen LogP contribution in [0.3, 0.4) is 0 Å². The first kappa shape index (κ1) is 43.5. The van der Waals surface area contributed by atoms with Crippen LogP contribution in [-0.2, 0) is 25.6 Å². The van der Waals surface area contributed by atoms with Crippen molar-refractivity contribution in [2.24, 2.45) is 5.92 Å². The summed E-state index contributed by atoms with van der Waals surface area (Å²) in [6.45, 7) is 5.12. The van der Waals surface area contributed by atoms with E-state index in [1.165, 1.54) is 6.07 Å². The molecule has 5 saturated heterocycles. The van der Waals surface area contributed by atoms with Crippen molar-refractivity contribution in [3.8, 4) is 0 Å². The Balaban J connectivity index is 0.723. The summed E-state index contributed by atoms with van der Waals surface area (Å²) in [6, 6.07) is 20.5. The normalized spacial score (nSPS) is 25.5. The number of nitrogens with zero attached hydrogens (tertiary/aromatic N) is 9. The van der Waals surface area contributed by atoms with Gasteiger partial charge in [-0.05, 0) is 79.5 Å². The highest BCUT2D eigenvalue weighted by atomic mass is 16.4. The number of carbonyl (C=O) groups is 6. The lowest BCUT2D eigenvalue weighted by Gasteiger charge is -2.56. The molecule has 4 N–H and O–H groups in total. The highest BCUT2D eigenvalue weighted by Crippen LogP contribution is 2.42. The van der Waals surface area contributed by atoms with Gasteiger partial charge >= 0.3 is 5.97 Å². The van der Waals surface area contributed by atoms with Gasteiger partial charge in [-0.2, -0.15) is 0 Å². The van der Waals surface area contributed by atoms with Gasteiger partial charge in [-0.15, -0.1) is 0 Å². The second-order valence-electron chi connectivity index (χ2n) is 18.8. The molecule has 3 aromatic carbocycles. The quantitative estimate of drug-likeness (QED) is 0.125. The Kier molecular flexibility index (Phi) is 11.4. The minimum absolute atomic E-state index is 0.00767. The van der Waals surface area contributed by atoms with Crippen molar-refractivity contribution in [3.05, 3.63) is 108 Å². The summed E-state index contributed by atoms with van der Waals surface area (Å²) in [6.07, 6.45) is 7.18. The van der Waals surface area contributed by atoms with Gasteiger partial charge < -0.3 is 25.2 Å². The number of imide groups is 2. The molecule has 0 unspecified atom stereocenters. The monoisotopic (exact) mass is 920 g/mol. The van der Waals surface area contributed by atoms with Crippen molar-refractivity contribution >= 4 is 63.9 Å². The van der Waals surface area contributed by atoms with E-state index >= 15 is 0 Å². The third-order valence-corrected chi connectivity index (χ3v) is 14.8. The fourth-order valence-electron chi connectivity index (χ4n) is 11.2. The standard InChI is InChI=1S/C49H52N12O7/c62-39-14-13-37(46(64)55-39)60-47(65)36-8-4-7-35(41(36)48(60)66)43(49(67)68)61-38(30-15-17-58(61)18-16-30)26-56-19-21-57(22-20-56)33-11-9-31(10-12-33)54-44-42-45(51-27-50-44)59(28-52-42)34-24-32(25-34)53-40(63)23-29-5-2-1-3-6-29/h1-12,27-28,30,32,34,37-38,43H,13-26H2,(H,53,63)(H,67,68)(H,50,51,54)(H,55,62,64)/t32?,34?,37-,38+,43-/m0/s1. The predicted molar refractivity (Wildman–Crippen MR) is 247 cm³/mol. The molecule has 68 heavy (non-hydrogen) atoms. The molecule has 19 nitrogen and oxygen atoms in total. The topological polar surface area (TPSA) is 219 Å². The van der Waals surface area contributed by atoms with Gasteiger partial charge in [0.2, 0.25) is 17.7 Å². The third-order valence-electron chi connectivity index (χ3n) is 14.8. The van der Waals surface area contributed by atoms with E-state index in [2.05, 4.69) is 62.4 Å². The molecule has 6 aliphatic heterocycles. The summed E-state index contributed by atoms with van der Waals surface area (Å²) in [4.78, 5) is 98.0. The molecule has 7 aliphatic rings. The number of amides is 5. The number of fused-ring (bicyclic) bond motifs is 5. The zero-order valence-electron chi connectivity index (χ0n) is 37.4. The Morgan fingerprint density at radius 1 is 0.824 bits per heavy atom. The lowest BCUT2D eigenvalue weighted by Crippen LogP contribution is -2.66. The number of piperazine rings is 1. The molecule has 0 spiro atoms. The Morgan fingerprint density at radius 2 is 1.59 bits per heavy atom. The molecule has 6 fully saturated rings. The lowest BCUT2D eigenvalue weighted by atomic mass is 9.83. The maximum Gasteiger partial charge on any atom is 0.326 e. The van der Waals surface area contributed by atoms with Crippen molar-refractivity contribution in [1.29, 1.82) is 0 Å². The summed E-state index contributed by atoms with van der Waals surface area (Å²) in [5.41, 5.74) is 4.66. The molecule has 2 aromatic heterocycles. The Morgan fingerprint density at radius 3 is 2.32 bits per heavy atom. The molecule has 3 atom stereocenters. The van der Waals surface area contributed by atoms with Crippen LogP contribution < -0.4 is 20.9 Å². The number of carboxylic acid groups (broad SMARTS) is 1. The summed E-state index contributed by atoms with van der Waals surface area (Å²) in [5, 5.41) is 23.9. The number of aromatic nitrogens is 4. The van der Waals surface area contributed by atoms with E-state index in [4.69, 9.17) is 0 Å². The fourth-order valence-corrected chi connectivity index (χ4v) is 11.2. The van der Waals surface area contributed by atoms with Crippen molar-refractivity contribution in [2.45, 2.75) is 75.2 Å². The summed E-state index contributed by atoms with van der Waals surface area (Å²) in [5.74, 6) is -2.80. The SMILES string of the molecule is O=C1CC[C@H](N2C(=O)c3cccc([C@@H](C(=O)O)N4[C@H](CN5CCN(c6ccc(Nc7ncnc8c7ncn8C7CC(NC(=O)Cc8ccccc8)C7)cc6)CC5)C5CCN4CC5)c3C2=O)C(=O)N1. The van der Waals surface area contributed by atoms with Crippen LogP contribution in [0.5, 0.6) is 0 Å². The summed E-state index contributed by atoms with van der Waals surface area (Å²) < 4.78 is 2.07. The maximum absolute atomic E-state index is 14.1. The van der Waals surface area contributed by atoms with E-state index in [0.717, 1.165) is 79.3 Å². The van der Waals surface area contributed by atoms with E-state index < -0.39 is 41.7 Å². The van der Waals surface area contributed by atoms with Gasteiger partial charge in [0.25, 0.3) is 11.8 Å². The molecular formula is C49H52N12O7. The molecule has 5 aromatic rings. The Bertz CT molecular complexity index is 2800. The first-order valence-electron chi connectivity index (χ1n) is 23.5. The second kappa shape index (κ2) is 17.9. The number of carbonyl (C=O) groups excluding carboxylic acids is 5. The van der Waals surface area contributed by atoms with Crippen LogP contribution in [0.1, 0.15) is 82.5 Å². The van der Waals surface area contributed by atoms with Crippen LogP contribution >= 0.6 is 0 Å². The van der Waals surface area contributed by atoms with Gasteiger partial charge in [0.15, 0.2) is 17.0 Å². The Labute approximate surface area is 391 Å². The van der Waals surface area contributed by atoms with E-state index in [-0.39, 0.29) is 59.5 Å². The van der Waals surface area contributed by atoms with Gasteiger partial charge in [-0.25, -0.2) is 25.0 Å². The minimum atomic E-state index is -1.24. The fraction of sp³-hybridized carbons (Fsp3) is 0.408.